The van der Waals surface area contributed by atoms with Crippen LogP contribution in [0.25, 0.3) is 0 Å². The van der Waals surface area contributed by atoms with Gasteiger partial charge in [0, 0.05) is 0 Å². The van der Waals surface area contributed by atoms with E-state index in [1.807, 2.05) is 6.92 Å². The Kier molecular flexibility index (Phi) is 12.2. The zero-order chi connectivity index (χ0) is 14.7. The van der Waals surface area contributed by atoms with Crippen LogP contribution in [-0.2, 0) is 4.79 Å². The molecule has 0 bridgehead atoms. The number of hydrazine groups is 1. The summed E-state index contributed by atoms with van der Waals surface area (Å²) in [5.74, 6) is 5.71. The summed E-state index contributed by atoms with van der Waals surface area (Å²) in [5.41, 5.74) is 2.28. The molecule has 0 aliphatic heterocycles. The van der Waals surface area contributed by atoms with E-state index in [0.717, 1.165) is 0 Å². The van der Waals surface area contributed by atoms with E-state index in [9.17, 15) is 4.79 Å². The van der Waals surface area contributed by atoms with Crippen LogP contribution in [0.15, 0.2) is 0 Å². The summed E-state index contributed by atoms with van der Waals surface area (Å²) in [4.78, 5) is 11.5. The Morgan fingerprint density at radius 3 is 2.05 bits per heavy atom. The van der Waals surface area contributed by atoms with Crippen LogP contribution in [0.3, 0.4) is 0 Å². The maximum atomic E-state index is 11.5. The average Bonchev–Trinajstić information content (AvgIpc) is 2.44. The minimum absolute atomic E-state index is 0.0126. The van der Waals surface area contributed by atoms with Gasteiger partial charge < -0.3 is 0 Å². The Labute approximate surface area is 126 Å². The minimum atomic E-state index is -1.29. The summed E-state index contributed by atoms with van der Waals surface area (Å²) in [6.45, 7) is 8.77. The van der Waals surface area contributed by atoms with Crippen LogP contribution in [0.1, 0.15) is 59.8 Å². The number of rotatable bonds is 11. The Hall–Kier alpha value is 0.229. The molecule has 2 unspecified atom stereocenters. The van der Waals surface area contributed by atoms with Gasteiger partial charge in [0.05, 0.1) is 0 Å². The predicted octanol–water partition coefficient (Wildman–Crippen LogP) is 3.47. The quantitative estimate of drug-likeness (QED) is 0.251. The van der Waals surface area contributed by atoms with Gasteiger partial charge in [-0.2, -0.15) is 0 Å². The SMILES string of the molecule is CCC[CH2][SnH]([CH2]CCC)[CH2]CC(C)C(C)C(=O)NN. The molecule has 0 aromatic carbocycles. The molecule has 19 heavy (non-hydrogen) atoms. The topological polar surface area (TPSA) is 55.1 Å². The van der Waals surface area contributed by atoms with Crippen molar-refractivity contribution >= 4 is 25.7 Å². The van der Waals surface area contributed by atoms with Gasteiger partial charge in [0.25, 0.3) is 0 Å². The van der Waals surface area contributed by atoms with Crippen molar-refractivity contribution in [1.82, 2.24) is 5.43 Å². The van der Waals surface area contributed by atoms with E-state index >= 15 is 0 Å². The average molecular weight is 377 g/mol. The number of unbranched alkanes of at least 4 members (excludes halogenated alkanes) is 2. The molecule has 0 aromatic heterocycles. The van der Waals surface area contributed by atoms with E-state index in [2.05, 4.69) is 26.2 Å². The second-order valence-electron chi connectivity index (χ2n) is 6.00. The monoisotopic (exact) mass is 378 g/mol. The molecule has 4 heteroatoms. The summed E-state index contributed by atoms with van der Waals surface area (Å²) < 4.78 is 4.58. The van der Waals surface area contributed by atoms with Gasteiger partial charge in [0.1, 0.15) is 0 Å². The summed E-state index contributed by atoms with van der Waals surface area (Å²) in [7, 11) is 0. The number of nitrogens with one attached hydrogen (secondary N) is 1. The number of carbonyl (C=O) groups excluding carboxylic acids is 1. The van der Waals surface area contributed by atoms with Gasteiger partial charge in [-0.1, -0.05) is 0 Å². The number of amides is 1. The Morgan fingerprint density at radius 2 is 1.63 bits per heavy atom. The summed E-state index contributed by atoms with van der Waals surface area (Å²) in [6, 6.07) is 0. The van der Waals surface area contributed by atoms with Gasteiger partial charge in [-0.05, 0) is 0 Å². The fraction of sp³-hybridized carbons (Fsp3) is 0.933. The van der Waals surface area contributed by atoms with Crippen molar-refractivity contribution in [2.75, 3.05) is 0 Å². The van der Waals surface area contributed by atoms with Crippen molar-refractivity contribution in [2.45, 2.75) is 73.1 Å². The zero-order valence-corrected chi connectivity index (χ0v) is 16.7. The molecule has 1 amide bonds. The molecular weight excluding hydrogens is 343 g/mol. The van der Waals surface area contributed by atoms with Crippen molar-refractivity contribution < 1.29 is 4.79 Å². The first-order valence-electron chi connectivity index (χ1n) is 8.07. The number of nitrogens with two attached hydrogens (primary N) is 1. The van der Waals surface area contributed by atoms with Crippen LogP contribution >= 0.6 is 0 Å². The molecule has 0 heterocycles. The van der Waals surface area contributed by atoms with Crippen LogP contribution in [0.4, 0.5) is 0 Å². The van der Waals surface area contributed by atoms with Crippen molar-refractivity contribution in [3.63, 3.8) is 0 Å². The number of hydrogen-bond acceptors (Lipinski definition) is 2. The van der Waals surface area contributed by atoms with Crippen LogP contribution in [-0.4, -0.2) is 25.7 Å². The Morgan fingerprint density at radius 1 is 1.11 bits per heavy atom. The van der Waals surface area contributed by atoms with Gasteiger partial charge in [0.2, 0.25) is 0 Å². The molecule has 0 aliphatic carbocycles. The molecule has 0 fully saturated rings. The molecule has 3 N–H and O–H groups in total. The van der Waals surface area contributed by atoms with Crippen molar-refractivity contribution in [3.8, 4) is 0 Å². The third kappa shape index (κ3) is 8.90. The van der Waals surface area contributed by atoms with Crippen LogP contribution in [0.2, 0.25) is 13.3 Å². The summed E-state index contributed by atoms with van der Waals surface area (Å²) >= 11 is -1.29. The maximum absolute atomic E-state index is 11.5. The second kappa shape index (κ2) is 12.0. The van der Waals surface area contributed by atoms with E-state index < -0.39 is 19.8 Å². The summed E-state index contributed by atoms with van der Waals surface area (Å²) in [5, 5.41) is 0. The molecule has 0 rings (SSSR count). The van der Waals surface area contributed by atoms with Crippen LogP contribution in [0, 0.1) is 11.8 Å². The van der Waals surface area contributed by atoms with E-state index in [1.54, 1.807) is 8.87 Å². The zero-order valence-electron chi connectivity index (χ0n) is 13.4. The van der Waals surface area contributed by atoms with E-state index in [1.165, 1.54) is 36.5 Å². The Bertz CT molecular complexity index is 228. The molecule has 0 aromatic rings. The first kappa shape index (κ1) is 19.2. The summed E-state index contributed by atoms with van der Waals surface area (Å²) in [6.07, 6.45) is 6.75. The molecule has 0 aliphatic rings. The molecule has 3 nitrogen and oxygen atoms in total. The third-order valence-electron chi connectivity index (χ3n) is 4.37. The normalized spacial score (nSPS) is 14.4. The van der Waals surface area contributed by atoms with E-state index in [0.29, 0.717) is 5.92 Å². The van der Waals surface area contributed by atoms with E-state index in [-0.39, 0.29) is 11.8 Å². The van der Waals surface area contributed by atoms with Gasteiger partial charge >= 0.3 is 127 Å². The Balaban J connectivity index is 4.09. The first-order valence-corrected chi connectivity index (χ1v) is 15.1. The molecule has 2 atom stereocenters. The molecule has 0 radical (unpaired) electrons. The number of carbonyl (C=O) groups is 1. The molecule has 0 saturated heterocycles. The fourth-order valence-electron chi connectivity index (χ4n) is 2.56. The van der Waals surface area contributed by atoms with Gasteiger partial charge in [-0.3, -0.25) is 0 Å². The van der Waals surface area contributed by atoms with Gasteiger partial charge in [-0.25, -0.2) is 0 Å². The molecule has 0 spiro atoms. The first-order chi connectivity index (χ1) is 9.06. The van der Waals surface area contributed by atoms with Crippen molar-refractivity contribution in [2.24, 2.45) is 17.7 Å². The second-order valence-corrected chi connectivity index (χ2v) is 15.9. The van der Waals surface area contributed by atoms with Crippen molar-refractivity contribution in [3.05, 3.63) is 0 Å². The van der Waals surface area contributed by atoms with Crippen molar-refractivity contribution in [1.29, 1.82) is 0 Å². The molecular formula is C15H34N2OSn. The number of hydrogen-bond donors (Lipinski definition) is 2. The van der Waals surface area contributed by atoms with Crippen LogP contribution < -0.4 is 11.3 Å². The van der Waals surface area contributed by atoms with E-state index in [4.69, 9.17) is 5.84 Å². The third-order valence-corrected chi connectivity index (χ3v) is 14.6. The predicted molar refractivity (Wildman–Crippen MR) is 86.7 cm³/mol. The standard InChI is InChI=1S/C7H15N2O.2C4H9.Sn.H/c1-4-5(2)6(3)7(10)9-8;2*1-3-4-2;;/h5-6H,1,4,8H2,2-3H3,(H,9,10);2*1,3-4H2,2H3;;. The van der Waals surface area contributed by atoms with Gasteiger partial charge in [-0.15, -0.1) is 0 Å². The van der Waals surface area contributed by atoms with Crippen LogP contribution in [0.5, 0.6) is 0 Å². The van der Waals surface area contributed by atoms with Gasteiger partial charge in [0.15, 0.2) is 0 Å². The fourth-order valence-corrected chi connectivity index (χ4v) is 13.5. The molecule has 114 valence electrons. The molecule has 0 saturated carbocycles.